The van der Waals surface area contributed by atoms with Crippen molar-refractivity contribution in [2.45, 2.75) is 25.8 Å². The van der Waals surface area contributed by atoms with E-state index in [9.17, 15) is 0 Å². The Bertz CT molecular complexity index is 158. The second kappa shape index (κ2) is 7.73. The van der Waals surface area contributed by atoms with Crippen molar-refractivity contribution in [1.82, 2.24) is 4.90 Å². The van der Waals surface area contributed by atoms with Crippen molar-refractivity contribution in [2.24, 2.45) is 5.73 Å². The molecule has 0 saturated carbocycles. The highest BCUT2D eigenvalue weighted by molar-refractivity contribution is 5.77. The molecule has 0 aliphatic rings. The lowest BCUT2D eigenvalue weighted by atomic mass is 10.1. The molecule has 0 aliphatic carbocycles. The molecule has 5 N–H and O–H groups in total. The lowest BCUT2D eigenvalue weighted by Gasteiger charge is -2.29. The first-order chi connectivity index (χ1) is 6.65. The summed E-state index contributed by atoms with van der Waals surface area (Å²) in [7, 11) is 0. The largest absolute Gasteiger partial charge is 0.395 e. The normalized spacial score (nSPS) is 13.1. The highest BCUT2D eigenvalue weighted by Crippen LogP contribution is 2.07. The molecule has 5 nitrogen and oxygen atoms in total. The fourth-order valence-corrected chi connectivity index (χ4v) is 1.52. The van der Waals surface area contributed by atoms with Crippen LogP contribution in [0.1, 0.15) is 19.8 Å². The molecule has 0 bridgehead atoms. The summed E-state index contributed by atoms with van der Waals surface area (Å²) in [6, 6.07) is 0.145. The summed E-state index contributed by atoms with van der Waals surface area (Å²) in [6.45, 7) is 3.18. The topological polar surface area (TPSA) is 93.6 Å². The molecule has 0 radical (unpaired) electrons. The molecule has 14 heavy (non-hydrogen) atoms. The maximum absolute atomic E-state index is 8.83. The van der Waals surface area contributed by atoms with Crippen LogP contribution in [0.4, 0.5) is 0 Å². The maximum Gasteiger partial charge on any atom is 0.0921 e. The molecule has 1 atom stereocenters. The van der Waals surface area contributed by atoms with Gasteiger partial charge in [0.1, 0.15) is 0 Å². The minimum absolute atomic E-state index is 0.0639. The summed E-state index contributed by atoms with van der Waals surface area (Å²) < 4.78 is 0. The Balaban J connectivity index is 4.16. The van der Waals surface area contributed by atoms with Gasteiger partial charge in [-0.15, -0.1) is 0 Å². The summed E-state index contributed by atoms with van der Waals surface area (Å²) in [6.07, 6.45) is 1.36. The predicted molar refractivity (Wildman–Crippen MR) is 56.4 cm³/mol. The first-order valence-corrected chi connectivity index (χ1v) is 4.94. The number of amidine groups is 1. The first kappa shape index (κ1) is 13.4. The summed E-state index contributed by atoms with van der Waals surface area (Å²) in [4.78, 5) is 1.96. The van der Waals surface area contributed by atoms with Crippen molar-refractivity contribution in [2.75, 3.05) is 26.3 Å². The molecule has 0 spiro atoms. The second-order valence-electron chi connectivity index (χ2n) is 3.27. The van der Waals surface area contributed by atoms with Crippen molar-refractivity contribution in [1.29, 1.82) is 5.41 Å². The van der Waals surface area contributed by atoms with E-state index in [4.69, 9.17) is 21.4 Å². The average molecular weight is 203 g/mol. The Kier molecular flexibility index (Phi) is 7.37. The van der Waals surface area contributed by atoms with Crippen LogP contribution in [-0.4, -0.2) is 53.3 Å². The molecule has 0 aromatic rings. The van der Waals surface area contributed by atoms with Crippen LogP contribution in [0.15, 0.2) is 0 Å². The number of hydrogen-bond acceptors (Lipinski definition) is 4. The smallest absolute Gasteiger partial charge is 0.0921 e. The van der Waals surface area contributed by atoms with Gasteiger partial charge in [0.15, 0.2) is 0 Å². The number of nitrogens with one attached hydrogen (secondary N) is 1. The van der Waals surface area contributed by atoms with E-state index < -0.39 is 0 Å². The summed E-state index contributed by atoms with van der Waals surface area (Å²) >= 11 is 0. The summed E-state index contributed by atoms with van der Waals surface area (Å²) in [5, 5.41) is 24.9. The zero-order valence-corrected chi connectivity index (χ0v) is 8.74. The van der Waals surface area contributed by atoms with Gasteiger partial charge in [-0.1, -0.05) is 6.92 Å². The number of hydrogen-bond donors (Lipinski definition) is 4. The van der Waals surface area contributed by atoms with Crippen LogP contribution in [-0.2, 0) is 0 Å². The zero-order chi connectivity index (χ0) is 11.0. The van der Waals surface area contributed by atoms with Crippen LogP contribution in [0.25, 0.3) is 0 Å². The monoisotopic (exact) mass is 203 g/mol. The van der Waals surface area contributed by atoms with Gasteiger partial charge in [-0.05, 0) is 6.42 Å². The van der Waals surface area contributed by atoms with Crippen LogP contribution in [0, 0.1) is 5.41 Å². The number of aliphatic hydroxyl groups excluding tert-OH is 2. The lowest BCUT2D eigenvalue weighted by molar-refractivity contribution is 0.121. The van der Waals surface area contributed by atoms with Crippen molar-refractivity contribution < 1.29 is 10.2 Å². The summed E-state index contributed by atoms with van der Waals surface area (Å²) in [5.74, 6) is 0.151. The van der Waals surface area contributed by atoms with Crippen LogP contribution in [0.2, 0.25) is 0 Å². The van der Waals surface area contributed by atoms with E-state index in [0.29, 0.717) is 19.5 Å². The molecule has 0 aliphatic heterocycles. The molecule has 0 amide bonds. The first-order valence-electron chi connectivity index (χ1n) is 4.94. The van der Waals surface area contributed by atoms with E-state index in [2.05, 4.69) is 0 Å². The molecular weight excluding hydrogens is 182 g/mol. The predicted octanol–water partition coefficient (Wildman–Crippen LogP) is -0.622. The fraction of sp³-hybridized carbons (Fsp3) is 0.889. The molecule has 0 aromatic carbocycles. The Morgan fingerprint density at radius 1 is 1.36 bits per heavy atom. The molecule has 84 valence electrons. The van der Waals surface area contributed by atoms with Crippen LogP contribution in [0.5, 0.6) is 0 Å². The van der Waals surface area contributed by atoms with E-state index in [1.807, 2.05) is 11.8 Å². The van der Waals surface area contributed by atoms with Crippen molar-refractivity contribution in [3.63, 3.8) is 0 Å². The average Bonchev–Trinajstić information content (AvgIpc) is 2.13. The van der Waals surface area contributed by atoms with Crippen molar-refractivity contribution in [3.8, 4) is 0 Å². The van der Waals surface area contributed by atoms with Crippen molar-refractivity contribution in [3.05, 3.63) is 0 Å². The number of nitrogens with zero attached hydrogens (tertiary/aromatic N) is 1. The van der Waals surface area contributed by atoms with Gasteiger partial charge >= 0.3 is 0 Å². The number of nitrogens with two attached hydrogens (primary N) is 1. The van der Waals surface area contributed by atoms with E-state index in [1.54, 1.807) is 0 Å². The molecular formula is C9H21N3O2. The quantitative estimate of drug-likeness (QED) is 0.312. The Labute approximate surface area is 85.0 Å². The Morgan fingerprint density at radius 3 is 2.14 bits per heavy atom. The van der Waals surface area contributed by atoms with E-state index in [1.165, 1.54) is 0 Å². The number of rotatable bonds is 8. The van der Waals surface area contributed by atoms with E-state index >= 15 is 0 Å². The molecule has 0 aromatic heterocycles. The van der Waals surface area contributed by atoms with Crippen LogP contribution < -0.4 is 5.73 Å². The summed E-state index contributed by atoms with van der Waals surface area (Å²) in [5.41, 5.74) is 5.33. The molecule has 0 heterocycles. The van der Waals surface area contributed by atoms with Gasteiger partial charge in [-0.3, -0.25) is 10.3 Å². The third kappa shape index (κ3) is 5.16. The van der Waals surface area contributed by atoms with Gasteiger partial charge < -0.3 is 15.9 Å². The lowest BCUT2D eigenvalue weighted by Crippen LogP contribution is -2.41. The Hall–Kier alpha value is -0.650. The third-order valence-electron chi connectivity index (χ3n) is 2.22. The van der Waals surface area contributed by atoms with Gasteiger partial charge in [0, 0.05) is 25.6 Å². The molecule has 0 fully saturated rings. The standard InChI is InChI=1S/C9H21N3O2/c1-2-8(7-9(10)11)12(3-5-13)4-6-14/h8,13-14H,2-7H2,1H3,(H3,10,11). The van der Waals surface area contributed by atoms with Gasteiger partial charge in [0.25, 0.3) is 0 Å². The zero-order valence-electron chi connectivity index (χ0n) is 8.74. The molecule has 1 unspecified atom stereocenters. The van der Waals surface area contributed by atoms with Crippen LogP contribution >= 0.6 is 0 Å². The minimum atomic E-state index is 0.0639. The van der Waals surface area contributed by atoms with Crippen molar-refractivity contribution >= 4 is 5.84 Å². The van der Waals surface area contributed by atoms with E-state index in [-0.39, 0.29) is 25.1 Å². The van der Waals surface area contributed by atoms with Gasteiger partial charge in [-0.25, -0.2) is 0 Å². The Morgan fingerprint density at radius 2 is 1.86 bits per heavy atom. The van der Waals surface area contributed by atoms with Gasteiger partial charge in [-0.2, -0.15) is 0 Å². The number of aliphatic hydroxyl groups is 2. The third-order valence-corrected chi connectivity index (χ3v) is 2.22. The minimum Gasteiger partial charge on any atom is -0.395 e. The van der Waals surface area contributed by atoms with E-state index in [0.717, 1.165) is 6.42 Å². The van der Waals surface area contributed by atoms with Crippen LogP contribution in [0.3, 0.4) is 0 Å². The van der Waals surface area contributed by atoms with Gasteiger partial charge in [0.05, 0.1) is 19.0 Å². The SMILES string of the molecule is CCC(CC(=N)N)N(CCO)CCO. The molecule has 0 saturated heterocycles. The molecule has 0 rings (SSSR count). The highest BCUT2D eigenvalue weighted by Gasteiger charge is 2.16. The maximum atomic E-state index is 8.83. The van der Waals surface area contributed by atoms with Gasteiger partial charge in [0.2, 0.25) is 0 Å². The fourth-order valence-electron chi connectivity index (χ4n) is 1.52. The molecule has 5 heteroatoms. The second-order valence-corrected chi connectivity index (χ2v) is 3.27. The highest BCUT2D eigenvalue weighted by atomic mass is 16.3.